The molecule has 0 saturated heterocycles. The number of nitrogens with zero attached hydrogens (tertiary/aromatic N) is 1. The second kappa shape index (κ2) is 11.3. The van der Waals surface area contributed by atoms with Gasteiger partial charge in [-0.1, -0.05) is 6.08 Å². The smallest absolute Gasteiger partial charge is 0.266 e. The second-order valence-electron chi connectivity index (χ2n) is 6.22. The number of anilines is 1. The molecule has 6 nitrogen and oxygen atoms in total. The Morgan fingerprint density at radius 2 is 1.87 bits per heavy atom. The summed E-state index contributed by atoms with van der Waals surface area (Å²) in [4.78, 5) is 12.6. The topological polar surface area (TPSA) is 80.6 Å². The highest BCUT2D eigenvalue weighted by Gasteiger charge is 2.14. The summed E-state index contributed by atoms with van der Waals surface area (Å²) in [6.45, 7) is 8.62. The molecule has 0 aliphatic heterocycles. The average molecular weight is 406 g/mol. The number of carbonyl (C=O) groups excluding carboxylic acids is 1. The van der Waals surface area contributed by atoms with Crippen LogP contribution in [0.5, 0.6) is 17.2 Å². The van der Waals surface area contributed by atoms with Crippen LogP contribution in [0.3, 0.4) is 0 Å². The van der Waals surface area contributed by atoms with Gasteiger partial charge in [0.1, 0.15) is 17.4 Å². The average Bonchev–Trinajstić information content (AvgIpc) is 2.75. The van der Waals surface area contributed by atoms with E-state index in [0.717, 1.165) is 5.56 Å². The van der Waals surface area contributed by atoms with Gasteiger partial charge in [-0.05, 0) is 68.3 Å². The molecule has 0 aromatic heterocycles. The SMILES string of the molecule is C=CCc1cc(/C=C(\C#N)C(=O)Nc2ccc(OCC)cc2)cc(OC)c1OCC. The zero-order chi connectivity index (χ0) is 21.9. The van der Waals surface area contributed by atoms with Gasteiger partial charge in [-0.25, -0.2) is 0 Å². The van der Waals surface area contributed by atoms with Gasteiger partial charge in [0.05, 0.1) is 20.3 Å². The zero-order valence-corrected chi connectivity index (χ0v) is 17.5. The van der Waals surface area contributed by atoms with Crippen molar-refractivity contribution in [1.29, 1.82) is 5.26 Å². The highest BCUT2D eigenvalue weighted by atomic mass is 16.5. The maximum Gasteiger partial charge on any atom is 0.266 e. The van der Waals surface area contributed by atoms with E-state index in [-0.39, 0.29) is 5.57 Å². The summed E-state index contributed by atoms with van der Waals surface area (Å²) in [6.07, 6.45) is 3.84. The Morgan fingerprint density at radius 1 is 1.17 bits per heavy atom. The van der Waals surface area contributed by atoms with Crippen LogP contribution in [-0.4, -0.2) is 26.2 Å². The number of hydrogen-bond acceptors (Lipinski definition) is 5. The Hall–Kier alpha value is -3.72. The van der Waals surface area contributed by atoms with E-state index >= 15 is 0 Å². The lowest BCUT2D eigenvalue weighted by atomic mass is 10.0. The van der Waals surface area contributed by atoms with Gasteiger partial charge >= 0.3 is 0 Å². The van der Waals surface area contributed by atoms with Gasteiger partial charge in [0.25, 0.3) is 5.91 Å². The lowest BCUT2D eigenvalue weighted by molar-refractivity contribution is -0.112. The largest absolute Gasteiger partial charge is 0.494 e. The number of rotatable bonds is 10. The molecule has 0 aliphatic rings. The summed E-state index contributed by atoms with van der Waals surface area (Å²) in [7, 11) is 1.55. The predicted octanol–water partition coefficient (Wildman–Crippen LogP) is 4.77. The van der Waals surface area contributed by atoms with Crippen molar-refractivity contribution < 1.29 is 19.0 Å². The normalized spacial score (nSPS) is 10.7. The summed E-state index contributed by atoms with van der Waals surface area (Å²) in [5.74, 6) is 1.38. The Labute approximate surface area is 177 Å². The van der Waals surface area contributed by atoms with E-state index in [9.17, 15) is 10.1 Å². The predicted molar refractivity (Wildman–Crippen MR) is 118 cm³/mol. The van der Waals surface area contributed by atoms with Crippen molar-refractivity contribution in [2.75, 3.05) is 25.6 Å². The molecule has 6 heteroatoms. The minimum Gasteiger partial charge on any atom is -0.494 e. The molecule has 2 aromatic carbocycles. The fraction of sp³-hybridized carbons (Fsp3) is 0.250. The van der Waals surface area contributed by atoms with Crippen LogP contribution in [0.4, 0.5) is 5.69 Å². The van der Waals surface area contributed by atoms with Crippen molar-refractivity contribution in [2.24, 2.45) is 0 Å². The summed E-state index contributed by atoms with van der Waals surface area (Å²) in [5.41, 5.74) is 2.06. The molecule has 0 atom stereocenters. The molecular formula is C24H26N2O4. The van der Waals surface area contributed by atoms with E-state index in [1.165, 1.54) is 6.08 Å². The number of benzene rings is 2. The Balaban J connectivity index is 2.31. The maximum atomic E-state index is 12.6. The van der Waals surface area contributed by atoms with Crippen LogP contribution in [0.2, 0.25) is 0 Å². The molecule has 2 aromatic rings. The van der Waals surface area contributed by atoms with E-state index in [4.69, 9.17) is 14.2 Å². The number of hydrogen-bond donors (Lipinski definition) is 1. The van der Waals surface area contributed by atoms with E-state index in [0.29, 0.717) is 48.1 Å². The molecule has 0 unspecified atom stereocenters. The summed E-state index contributed by atoms with van der Waals surface area (Å²) in [5, 5.41) is 12.2. The molecule has 156 valence electrons. The maximum absolute atomic E-state index is 12.6. The molecule has 2 rings (SSSR count). The first kappa shape index (κ1) is 22.6. The van der Waals surface area contributed by atoms with E-state index in [2.05, 4.69) is 11.9 Å². The fourth-order valence-corrected chi connectivity index (χ4v) is 2.85. The molecule has 30 heavy (non-hydrogen) atoms. The number of carbonyl (C=O) groups is 1. The van der Waals surface area contributed by atoms with Gasteiger partial charge < -0.3 is 19.5 Å². The highest BCUT2D eigenvalue weighted by Crippen LogP contribution is 2.34. The van der Waals surface area contributed by atoms with Gasteiger partial charge in [-0.3, -0.25) is 4.79 Å². The van der Waals surface area contributed by atoms with Gasteiger partial charge in [0.2, 0.25) is 0 Å². The summed E-state index contributed by atoms with van der Waals surface area (Å²) in [6, 6.07) is 12.5. The third kappa shape index (κ3) is 5.89. The quantitative estimate of drug-likeness (QED) is 0.349. The first-order valence-corrected chi connectivity index (χ1v) is 9.66. The van der Waals surface area contributed by atoms with Crippen LogP contribution in [-0.2, 0) is 11.2 Å². The molecule has 0 spiro atoms. The van der Waals surface area contributed by atoms with E-state index < -0.39 is 5.91 Å². The number of amides is 1. The van der Waals surface area contributed by atoms with Crippen LogP contribution < -0.4 is 19.5 Å². The Kier molecular flexibility index (Phi) is 8.52. The number of methoxy groups -OCH3 is 1. The van der Waals surface area contributed by atoms with Crippen LogP contribution >= 0.6 is 0 Å². The number of nitrogens with one attached hydrogen (secondary N) is 1. The van der Waals surface area contributed by atoms with Crippen molar-refractivity contribution in [1.82, 2.24) is 0 Å². The number of allylic oxidation sites excluding steroid dienone is 1. The first-order chi connectivity index (χ1) is 14.6. The van der Waals surface area contributed by atoms with Crippen molar-refractivity contribution in [3.63, 3.8) is 0 Å². The Morgan fingerprint density at radius 3 is 2.43 bits per heavy atom. The highest BCUT2D eigenvalue weighted by molar-refractivity contribution is 6.09. The summed E-state index contributed by atoms with van der Waals surface area (Å²) < 4.78 is 16.5. The van der Waals surface area contributed by atoms with Crippen molar-refractivity contribution in [3.8, 4) is 23.3 Å². The minimum atomic E-state index is -0.500. The number of ether oxygens (including phenoxy) is 3. The molecule has 0 aliphatic carbocycles. The van der Waals surface area contributed by atoms with Gasteiger partial charge in [-0.15, -0.1) is 6.58 Å². The van der Waals surface area contributed by atoms with E-state index in [1.807, 2.05) is 26.0 Å². The van der Waals surface area contributed by atoms with Gasteiger partial charge in [-0.2, -0.15) is 5.26 Å². The first-order valence-electron chi connectivity index (χ1n) is 9.66. The monoisotopic (exact) mass is 406 g/mol. The molecule has 0 bridgehead atoms. The lowest BCUT2D eigenvalue weighted by Gasteiger charge is -2.15. The fourth-order valence-electron chi connectivity index (χ4n) is 2.85. The van der Waals surface area contributed by atoms with Crippen molar-refractivity contribution >= 4 is 17.7 Å². The standard InChI is InChI=1S/C24H26N2O4/c1-5-8-18-13-17(15-22(28-4)23(18)30-7-3)14-19(16-25)24(27)26-20-9-11-21(12-10-20)29-6-2/h5,9-15H,1,6-8H2,2-4H3,(H,26,27)/b19-14+. The van der Waals surface area contributed by atoms with Gasteiger partial charge in [0.15, 0.2) is 11.5 Å². The molecular weight excluding hydrogens is 380 g/mol. The van der Waals surface area contributed by atoms with Crippen LogP contribution in [0.15, 0.2) is 54.6 Å². The third-order valence-corrected chi connectivity index (χ3v) is 4.13. The third-order valence-electron chi connectivity index (χ3n) is 4.13. The van der Waals surface area contributed by atoms with Crippen molar-refractivity contribution in [2.45, 2.75) is 20.3 Å². The zero-order valence-electron chi connectivity index (χ0n) is 17.5. The van der Waals surface area contributed by atoms with Crippen LogP contribution in [0.25, 0.3) is 6.08 Å². The molecule has 0 radical (unpaired) electrons. The van der Waals surface area contributed by atoms with Crippen LogP contribution in [0.1, 0.15) is 25.0 Å². The molecule has 1 amide bonds. The molecule has 0 heterocycles. The molecule has 0 saturated carbocycles. The van der Waals surface area contributed by atoms with Gasteiger partial charge in [0, 0.05) is 11.3 Å². The minimum absolute atomic E-state index is 0.0281. The van der Waals surface area contributed by atoms with E-state index in [1.54, 1.807) is 43.5 Å². The Bertz CT molecular complexity index is 956. The van der Waals surface area contributed by atoms with Crippen LogP contribution in [0, 0.1) is 11.3 Å². The molecule has 0 fully saturated rings. The lowest BCUT2D eigenvalue weighted by Crippen LogP contribution is -2.13. The second-order valence-corrected chi connectivity index (χ2v) is 6.22. The summed E-state index contributed by atoms with van der Waals surface area (Å²) >= 11 is 0. The number of nitriles is 1. The van der Waals surface area contributed by atoms with Crippen molar-refractivity contribution in [3.05, 3.63) is 65.8 Å². The molecule has 1 N–H and O–H groups in total.